The van der Waals surface area contributed by atoms with Crippen LogP contribution in [0.3, 0.4) is 0 Å². The number of aromatic nitrogens is 2. The fourth-order valence-corrected chi connectivity index (χ4v) is 3.56. The van der Waals surface area contributed by atoms with Gasteiger partial charge >= 0.3 is 0 Å². The van der Waals surface area contributed by atoms with Crippen molar-refractivity contribution >= 4 is 17.2 Å². The van der Waals surface area contributed by atoms with Gasteiger partial charge in [-0.15, -0.1) is 0 Å². The Morgan fingerprint density at radius 1 is 1.39 bits per heavy atom. The van der Waals surface area contributed by atoms with Gasteiger partial charge in [-0.3, -0.25) is 0 Å². The molecule has 1 fully saturated rings. The summed E-state index contributed by atoms with van der Waals surface area (Å²) in [6.07, 6.45) is 4.13. The highest BCUT2D eigenvalue weighted by Crippen LogP contribution is 2.19. The number of imidazole rings is 1. The highest BCUT2D eigenvalue weighted by Gasteiger charge is 2.20. The zero-order valence-corrected chi connectivity index (χ0v) is 14.3. The maximum Gasteiger partial charge on any atom is 0.152 e. The van der Waals surface area contributed by atoms with Crippen LogP contribution in [0.1, 0.15) is 25.5 Å². The molecule has 0 unspecified atom stereocenters. The van der Waals surface area contributed by atoms with Gasteiger partial charge in [0.25, 0.3) is 0 Å². The fraction of sp³-hybridized carbons (Fsp3) is 0.588. The van der Waals surface area contributed by atoms with E-state index in [4.69, 9.17) is 11.6 Å². The first-order chi connectivity index (χ1) is 11.1. The van der Waals surface area contributed by atoms with Gasteiger partial charge in [0.1, 0.15) is 5.65 Å². The van der Waals surface area contributed by atoms with Crippen LogP contribution >= 0.6 is 11.6 Å². The summed E-state index contributed by atoms with van der Waals surface area (Å²) >= 11 is 6.25. The van der Waals surface area contributed by atoms with E-state index >= 15 is 0 Å². The Labute approximate surface area is 142 Å². The average Bonchev–Trinajstić information content (AvgIpc) is 2.84. The lowest BCUT2D eigenvalue weighted by Gasteiger charge is -2.32. The van der Waals surface area contributed by atoms with E-state index in [1.54, 1.807) is 0 Å². The third-order valence-electron chi connectivity index (χ3n) is 4.54. The second kappa shape index (κ2) is 7.62. The third kappa shape index (κ3) is 4.23. The summed E-state index contributed by atoms with van der Waals surface area (Å²) in [6.45, 7) is 6.53. The highest BCUT2D eigenvalue weighted by atomic mass is 35.5. The molecule has 126 valence electrons. The van der Waals surface area contributed by atoms with Gasteiger partial charge in [0.05, 0.1) is 11.8 Å². The normalized spacial score (nSPS) is 18.6. The van der Waals surface area contributed by atoms with Crippen molar-refractivity contribution in [3.63, 3.8) is 0 Å². The van der Waals surface area contributed by atoms with E-state index in [0.29, 0.717) is 11.1 Å². The Morgan fingerprint density at radius 2 is 2.17 bits per heavy atom. The molecule has 1 aliphatic heterocycles. The number of nitrogens with zero attached hydrogens (tertiary/aromatic N) is 3. The number of halogens is 1. The van der Waals surface area contributed by atoms with Gasteiger partial charge in [-0.05, 0) is 57.5 Å². The molecule has 23 heavy (non-hydrogen) atoms. The molecule has 2 N–H and O–H groups in total. The molecule has 0 bridgehead atoms. The molecule has 5 nitrogen and oxygen atoms in total. The molecule has 3 heterocycles. The maximum atomic E-state index is 9.46. The van der Waals surface area contributed by atoms with Gasteiger partial charge in [0.15, 0.2) is 5.15 Å². The minimum absolute atomic E-state index is 0.234. The monoisotopic (exact) mass is 336 g/mol. The summed E-state index contributed by atoms with van der Waals surface area (Å²) in [6, 6.07) is 5.93. The van der Waals surface area contributed by atoms with Crippen LogP contribution in [0.5, 0.6) is 0 Å². The van der Waals surface area contributed by atoms with Crippen molar-refractivity contribution in [3.05, 3.63) is 35.2 Å². The van der Waals surface area contributed by atoms with E-state index in [2.05, 4.69) is 15.2 Å². The van der Waals surface area contributed by atoms with Crippen molar-refractivity contribution in [2.24, 2.45) is 5.92 Å². The van der Waals surface area contributed by atoms with Crippen LogP contribution in [0, 0.1) is 5.92 Å². The molecule has 1 aliphatic rings. The molecule has 0 radical (unpaired) electrons. The Balaban J connectivity index is 1.47. The lowest BCUT2D eigenvalue weighted by Crippen LogP contribution is -2.40. The van der Waals surface area contributed by atoms with Crippen molar-refractivity contribution in [2.75, 3.05) is 26.2 Å². The average molecular weight is 337 g/mol. The van der Waals surface area contributed by atoms with Gasteiger partial charge < -0.3 is 19.7 Å². The molecule has 1 saturated heterocycles. The van der Waals surface area contributed by atoms with Crippen molar-refractivity contribution < 1.29 is 5.11 Å². The molecular weight excluding hydrogens is 312 g/mol. The molecule has 0 saturated carbocycles. The Bertz CT molecular complexity index is 635. The molecule has 2 aromatic rings. The number of aliphatic hydroxyl groups is 1. The lowest BCUT2D eigenvalue weighted by molar-refractivity contribution is 0.0998. The first-order valence-electron chi connectivity index (χ1n) is 8.36. The zero-order valence-electron chi connectivity index (χ0n) is 13.6. The highest BCUT2D eigenvalue weighted by molar-refractivity contribution is 6.30. The zero-order chi connectivity index (χ0) is 16.2. The van der Waals surface area contributed by atoms with Crippen LogP contribution in [-0.4, -0.2) is 51.7 Å². The topological polar surface area (TPSA) is 52.8 Å². The molecule has 1 atom stereocenters. The number of piperidine rings is 1. The van der Waals surface area contributed by atoms with Crippen LogP contribution in [0.15, 0.2) is 24.4 Å². The number of fused-ring (bicyclic) bond motifs is 1. The van der Waals surface area contributed by atoms with Gasteiger partial charge in [-0.1, -0.05) is 17.7 Å². The standard InChI is InChI=1S/C17H25ClN4O/c1-13(23)12-21-8-5-14(6-9-21)10-19-11-15-17(18)20-16-4-2-3-7-22(15)16/h2-4,7,13-14,19,23H,5-6,8-12H2,1H3/t13-/m1/s1. The van der Waals surface area contributed by atoms with Gasteiger partial charge in [0, 0.05) is 19.3 Å². The number of rotatable bonds is 6. The number of hydrogen-bond acceptors (Lipinski definition) is 4. The molecule has 6 heteroatoms. The summed E-state index contributed by atoms with van der Waals surface area (Å²) in [5.74, 6) is 0.693. The maximum absolute atomic E-state index is 9.46. The van der Waals surface area contributed by atoms with Crippen LogP contribution in [0.4, 0.5) is 0 Å². The van der Waals surface area contributed by atoms with Gasteiger partial charge in [-0.2, -0.15) is 0 Å². The first kappa shape index (κ1) is 16.7. The summed E-state index contributed by atoms with van der Waals surface area (Å²) < 4.78 is 2.04. The van der Waals surface area contributed by atoms with E-state index < -0.39 is 0 Å². The van der Waals surface area contributed by atoms with Crippen LogP contribution in [-0.2, 0) is 6.54 Å². The van der Waals surface area contributed by atoms with E-state index in [1.165, 1.54) is 12.8 Å². The van der Waals surface area contributed by atoms with Crippen LogP contribution in [0.25, 0.3) is 5.65 Å². The predicted octanol–water partition coefficient (Wildman–Crippen LogP) is 2.17. The lowest BCUT2D eigenvalue weighted by atomic mass is 9.96. The Morgan fingerprint density at radius 3 is 2.91 bits per heavy atom. The van der Waals surface area contributed by atoms with E-state index in [9.17, 15) is 5.11 Å². The first-order valence-corrected chi connectivity index (χ1v) is 8.74. The largest absolute Gasteiger partial charge is 0.392 e. The smallest absolute Gasteiger partial charge is 0.152 e. The second-order valence-electron chi connectivity index (χ2n) is 6.50. The third-order valence-corrected chi connectivity index (χ3v) is 4.84. The molecule has 0 amide bonds. The minimum Gasteiger partial charge on any atom is -0.392 e. The van der Waals surface area contributed by atoms with Crippen molar-refractivity contribution in [1.29, 1.82) is 0 Å². The van der Waals surface area contributed by atoms with Crippen molar-refractivity contribution in [3.8, 4) is 0 Å². The number of pyridine rings is 1. The SMILES string of the molecule is C[C@@H](O)CN1CCC(CNCc2c(Cl)nc3ccccn23)CC1. The molecule has 0 aromatic carbocycles. The Kier molecular flexibility index (Phi) is 5.54. The quantitative estimate of drug-likeness (QED) is 0.849. The molecule has 3 rings (SSSR count). The van der Waals surface area contributed by atoms with Gasteiger partial charge in [-0.25, -0.2) is 4.98 Å². The van der Waals surface area contributed by atoms with Crippen LogP contribution < -0.4 is 5.32 Å². The molecule has 0 aliphatic carbocycles. The molecular formula is C17H25ClN4O. The van der Waals surface area contributed by atoms with E-state index in [-0.39, 0.29) is 6.10 Å². The van der Waals surface area contributed by atoms with Crippen LogP contribution in [0.2, 0.25) is 5.15 Å². The number of aliphatic hydroxyl groups excluding tert-OH is 1. The second-order valence-corrected chi connectivity index (χ2v) is 6.86. The number of hydrogen-bond donors (Lipinski definition) is 2. The number of β-amino-alcohol motifs (C(OH)–C–C–N with tert-alkyl or cyclic N) is 1. The molecule has 0 spiro atoms. The summed E-state index contributed by atoms with van der Waals surface area (Å²) in [5, 5.41) is 13.6. The minimum atomic E-state index is -0.234. The fourth-order valence-electron chi connectivity index (χ4n) is 3.32. The van der Waals surface area contributed by atoms with Crippen molar-refractivity contribution in [1.82, 2.24) is 19.6 Å². The van der Waals surface area contributed by atoms with E-state index in [0.717, 1.165) is 44.1 Å². The summed E-state index contributed by atoms with van der Waals surface area (Å²) in [5.41, 5.74) is 1.91. The summed E-state index contributed by atoms with van der Waals surface area (Å²) in [7, 11) is 0. The van der Waals surface area contributed by atoms with Crippen molar-refractivity contribution in [2.45, 2.75) is 32.4 Å². The Hall–Kier alpha value is -1.14. The summed E-state index contributed by atoms with van der Waals surface area (Å²) in [4.78, 5) is 6.72. The van der Waals surface area contributed by atoms with Gasteiger partial charge in [0.2, 0.25) is 0 Å². The van der Waals surface area contributed by atoms with E-state index in [1.807, 2.05) is 35.7 Å². The number of nitrogens with one attached hydrogen (secondary N) is 1. The predicted molar refractivity (Wildman–Crippen MR) is 92.8 cm³/mol. The number of likely N-dealkylation sites (tertiary alicyclic amines) is 1. The molecule has 2 aromatic heterocycles.